The van der Waals surface area contributed by atoms with Gasteiger partial charge in [0.05, 0.1) is 5.92 Å². The maximum absolute atomic E-state index is 12.6. The summed E-state index contributed by atoms with van der Waals surface area (Å²) >= 11 is 0. The van der Waals surface area contributed by atoms with E-state index in [0.717, 1.165) is 77.0 Å². The number of nitrogens with one attached hydrogen (secondary N) is 3. The van der Waals surface area contributed by atoms with E-state index in [9.17, 15) is 58.5 Å². The van der Waals surface area contributed by atoms with Crippen LogP contribution in [0, 0.1) is 11.8 Å². The van der Waals surface area contributed by atoms with Gasteiger partial charge in [0.25, 0.3) is 0 Å². The third-order valence-corrected chi connectivity index (χ3v) is 10.6. The van der Waals surface area contributed by atoms with E-state index in [1.165, 1.54) is 25.7 Å². The van der Waals surface area contributed by atoms with E-state index >= 15 is 0 Å². The van der Waals surface area contributed by atoms with Gasteiger partial charge in [-0.1, -0.05) is 90.4 Å². The molecule has 4 atom stereocenters. The molecule has 0 aromatic carbocycles. The maximum Gasteiger partial charge on any atom is 0.326 e. The maximum atomic E-state index is 12.6. The van der Waals surface area contributed by atoms with Gasteiger partial charge in [-0.05, 0) is 58.3 Å². The first-order valence-electron chi connectivity index (χ1n) is 21.8. The lowest BCUT2D eigenvalue weighted by Gasteiger charge is -2.17. The number of ketones is 2. The number of amides is 3. The van der Waals surface area contributed by atoms with Crippen LogP contribution < -0.4 is 16.0 Å². The molecule has 0 spiro atoms. The van der Waals surface area contributed by atoms with Crippen LogP contribution in [0.1, 0.15) is 187 Å². The summed E-state index contributed by atoms with van der Waals surface area (Å²) in [6.07, 6.45) is 15.7. The molecular weight excluding hydrogens is 766 g/mol. The molecular formula is C43H73N3O13. The number of hydrogen-bond donors (Lipinski definition) is 7. The first-order chi connectivity index (χ1) is 28.1. The van der Waals surface area contributed by atoms with Gasteiger partial charge in [0.15, 0.2) is 0 Å². The second-order valence-corrected chi connectivity index (χ2v) is 15.7. The largest absolute Gasteiger partial charge is 0.481 e. The zero-order valence-electron chi connectivity index (χ0n) is 35.6. The van der Waals surface area contributed by atoms with Gasteiger partial charge in [0, 0.05) is 51.0 Å². The highest BCUT2D eigenvalue weighted by Crippen LogP contribution is 2.17. The van der Waals surface area contributed by atoms with E-state index in [2.05, 4.69) is 16.0 Å². The third-order valence-electron chi connectivity index (χ3n) is 10.6. The fraction of sp³-hybridized carbons (Fsp3) is 0.791. The molecule has 0 bridgehead atoms. The van der Waals surface area contributed by atoms with Gasteiger partial charge in [-0.15, -0.1) is 0 Å². The zero-order chi connectivity index (χ0) is 44.4. The van der Waals surface area contributed by atoms with Crippen LogP contribution in [0.2, 0.25) is 0 Å². The van der Waals surface area contributed by atoms with Crippen LogP contribution in [0.3, 0.4) is 0 Å². The Hall–Kier alpha value is -4.37. The summed E-state index contributed by atoms with van der Waals surface area (Å²) in [6, 6.07) is -2.71. The highest BCUT2D eigenvalue weighted by Gasteiger charge is 2.27. The summed E-state index contributed by atoms with van der Waals surface area (Å²) in [6.45, 7) is 3.87. The number of unbranched alkanes of at least 4 members (excludes halogenated alkanes) is 14. The van der Waals surface area contributed by atoms with Gasteiger partial charge in [0.2, 0.25) is 17.7 Å². The van der Waals surface area contributed by atoms with Crippen molar-refractivity contribution in [3.05, 3.63) is 0 Å². The van der Waals surface area contributed by atoms with Crippen molar-refractivity contribution in [2.75, 3.05) is 6.54 Å². The molecule has 0 aliphatic heterocycles. The van der Waals surface area contributed by atoms with E-state index in [-0.39, 0.29) is 56.6 Å². The van der Waals surface area contributed by atoms with Gasteiger partial charge < -0.3 is 36.4 Å². The highest BCUT2D eigenvalue weighted by atomic mass is 16.4. The number of carbonyl (C=O) groups excluding carboxylic acids is 5. The molecule has 0 aliphatic carbocycles. The topological polar surface area (TPSA) is 271 Å². The first-order valence-corrected chi connectivity index (χ1v) is 21.8. The molecule has 16 nitrogen and oxygen atoms in total. The Morgan fingerprint density at radius 1 is 0.441 bits per heavy atom. The molecule has 0 fully saturated rings. The molecule has 0 rings (SSSR count). The number of rotatable bonds is 40. The van der Waals surface area contributed by atoms with Crippen LogP contribution >= 0.6 is 0 Å². The second-order valence-electron chi connectivity index (χ2n) is 15.7. The molecule has 3 amide bonds. The molecule has 338 valence electrons. The van der Waals surface area contributed by atoms with Crippen molar-refractivity contribution in [2.45, 2.75) is 199 Å². The van der Waals surface area contributed by atoms with Crippen molar-refractivity contribution >= 4 is 53.2 Å². The minimum atomic E-state index is -1.39. The molecule has 0 saturated heterocycles. The lowest BCUT2D eigenvalue weighted by molar-refractivity contribution is -0.145. The van der Waals surface area contributed by atoms with Crippen LogP contribution in [-0.2, 0) is 43.2 Å². The summed E-state index contributed by atoms with van der Waals surface area (Å²) in [5, 5.41) is 44.9. The van der Waals surface area contributed by atoms with Crippen LogP contribution in [0.4, 0.5) is 0 Å². The van der Waals surface area contributed by atoms with Crippen molar-refractivity contribution < 1.29 is 63.6 Å². The average molecular weight is 840 g/mol. The molecule has 0 unspecified atom stereocenters. The van der Waals surface area contributed by atoms with Gasteiger partial charge in [-0.3, -0.25) is 33.6 Å². The number of aliphatic carboxylic acids is 4. The molecule has 0 heterocycles. The third kappa shape index (κ3) is 31.3. The van der Waals surface area contributed by atoms with E-state index in [1.807, 2.05) is 6.92 Å². The van der Waals surface area contributed by atoms with Gasteiger partial charge in [-0.25, -0.2) is 9.59 Å². The number of carboxylic acid groups (broad SMARTS) is 4. The number of carbonyl (C=O) groups is 9. The molecule has 7 N–H and O–H groups in total. The van der Waals surface area contributed by atoms with Gasteiger partial charge in [0.1, 0.15) is 23.7 Å². The predicted octanol–water partition coefficient (Wildman–Crippen LogP) is 6.35. The van der Waals surface area contributed by atoms with E-state index in [4.69, 9.17) is 5.11 Å². The number of hydrogen-bond acceptors (Lipinski definition) is 9. The summed E-state index contributed by atoms with van der Waals surface area (Å²) in [5.41, 5.74) is 0. The monoisotopic (exact) mass is 840 g/mol. The Morgan fingerprint density at radius 3 is 1.32 bits per heavy atom. The Morgan fingerprint density at radius 2 is 0.881 bits per heavy atom. The minimum absolute atomic E-state index is 0.00420. The van der Waals surface area contributed by atoms with Crippen LogP contribution in [0.25, 0.3) is 0 Å². The summed E-state index contributed by atoms with van der Waals surface area (Å²) < 4.78 is 0. The average Bonchev–Trinajstić information content (AvgIpc) is 3.17. The first kappa shape index (κ1) is 54.6. The number of Topliss-reactive ketones (excluding diaryl/α,β-unsaturated/α-hetero) is 2. The molecule has 0 aliphatic rings. The quantitative estimate of drug-likeness (QED) is 0.0332. The Labute approximate surface area is 349 Å². The second kappa shape index (κ2) is 34.5. The van der Waals surface area contributed by atoms with E-state index in [1.54, 1.807) is 6.92 Å². The molecule has 0 aromatic rings. The number of carboxylic acids is 4. The highest BCUT2D eigenvalue weighted by molar-refractivity contribution is 5.87. The summed E-state index contributed by atoms with van der Waals surface area (Å²) in [7, 11) is 0. The van der Waals surface area contributed by atoms with Crippen molar-refractivity contribution in [2.24, 2.45) is 11.8 Å². The Balaban J connectivity index is 4.37. The normalized spacial score (nSPS) is 13.1. The molecule has 0 radical (unpaired) electrons. The fourth-order valence-electron chi connectivity index (χ4n) is 6.83. The van der Waals surface area contributed by atoms with E-state index < -0.39 is 78.2 Å². The summed E-state index contributed by atoms with van der Waals surface area (Å²) in [5.74, 6) is -8.05. The zero-order valence-corrected chi connectivity index (χ0v) is 35.6. The van der Waals surface area contributed by atoms with Crippen molar-refractivity contribution in [3.8, 4) is 0 Å². The predicted molar refractivity (Wildman–Crippen MR) is 220 cm³/mol. The fourth-order valence-corrected chi connectivity index (χ4v) is 6.83. The van der Waals surface area contributed by atoms with Crippen LogP contribution in [-0.4, -0.2) is 92.2 Å². The standard InChI is InChI=1S/C43H73N3O13/c1-3-32(31(2)47)20-18-19-29-44-37(49)28-26-36(43(58)59)46-39(51)27-23-33(41(54)55)30-34(48)24-25-35(42(56)57)45-38(50)21-16-14-12-10-8-6-4-5-7-9-11-13-15-17-22-40(52)53/h32-33,35-36H,3-30H2,1-2H3,(H,44,49)(H,45,50)(H,46,51)(H,52,53)(H,54,55)(H,56,57)(H,58,59)/t32-,33+,35-,36-/m0/s1. The molecule has 16 heteroatoms. The molecule has 0 aromatic heterocycles. The smallest absolute Gasteiger partial charge is 0.326 e. The van der Waals surface area contributed by atoms with Crippen molar-refractivity contribution in [1.29, 1.82) is 0 Å². The van der Waals surface area contributed by atoms with Crippen LogP contribution in [0.5, 0.6) is 0 Å². The summed E-state index contributed by atoms with van der Waals surface area (Å²) in [4.78, 5) is 107. The minimum Gasteiger partial charge on any atom is -0.481 e. The lowest BCUT2D eigenvalue weighted by atomic mass is 9.94. The lowest BCUT2D eigenvalue weighted by Crippen LogP contribution is -2.42. The SMILES string of the molecule is CC[C@@H](CCCCNC(=O)CC[C@H](NC(=O)CC[C@H](CC(=O)CC[C@H](NC(=O)CCCCCCCCCCCCCCCCC(=O)O)C(=O)O)C(=O)O)C(=O)O)C(C)=O. The Kier molecular flexibility index (Phi) is 31.9. The van der Waals surface area contributed by atoms with E-state index in [0.29, 0.717) is 19.4 Å². The van der Waals surface area contributed by atoms with Gasteiger partial charge in [-0.2, -0.15) is 0 Å². The van der Waals surface area contributed by atoms with Crippen molar-refractivity contribution in [1.82, 2.24) is 16.0 Å². The molecule has 0 saturated carbocycles. The Bertz CT molecular complexity index is 1310. The van der Waals surface area contributed by atoms with Gasteiger partial charge >= 0.3 is 23.9 Å². The van der Waals surface area contributed by atoms with Crippen LogP contribution in [0.15, 0.2) is 0 Å². The molecule has 59 heavy (non-hydrogen) atoms. The van der Waals surface area contributed by atoms with Crippen molar-refractivity contribution in [3.63, 3.8) is 0 Å².